The zero-order valence-corrected chi connectivity index (χ0v) is 11.5. The van der Waals surface area contributed by atoms with Crippen LogP contribution in [0.2, 0.25) is 0 Å². The predicted molar refractivity (Wildman–Crippen MR) is 72.4 cm³/mol. The van der Waals surface area contributed by atoms with Gasteiger partial charge in [-0.1, -0.05) is 25.7 Å². The Labute approximate surface area is 108 Å². The molecule has 1 N–H and O–H groups in total. The summed E-state index contributed by atoms with van der Waals surface area (Å²) in [6, 6.07) is 0. The van der Waals surface area contributed by atoms with E-state index in [0.717, 1.165) is 12.5 Å². The van der Waals surface area contributed by atoms with E-state index in [-0.39, 0.29) is 12.4 Å². The second-order valence-corrected chi connectivity index (χ2v) is 5.39. The lowest BCUT2D eigenvalue weighted by Gasteiger charge is -2.05. The first-order chi connectivity index (χ1) is 7.38. The molecule has 1 aliphatic rings. The van der Waals surface area contributed by atoms with Crippen LogP contribution in [0, 0.1) is 5.92 Å². The number of nitrogens with one attached hydrogen (secondary N) is 1. The van der Waals surface area contributed by atoms with E-state index < -0.39 is 0 Å². The van der Waals surface area contributed by atoms with Crippen LogP contribution in [0.3, 0.4) is 0 Å². The van der Waals surface area contributed by atoms with Crippen molar-refractivity contribution in [3.8, 4) is 0 Å². The quantitative estimate of drug-likeness (QED) is 0.878. The smallest absolute Gasteiger partial charge is 0.107 e. The lowest BCUT2D eigenvalue weighted by Crippen LogP contribution is -2.04. The number of hydrogen-bond donors (Lipinski definition) is 1. The van der Waals surface area contributed by atoms with Crippen LogP contribution in [0.5, 0.6) is 0 Å². The Hall–Kier alpha value is -0.120. The van der Waals surface area contributed by atoms with E-state index in [9.17, 15) is 0 Å². The van der Waals surface area contributed by atoms with Crippen molar-refractivity contribution in [2.75, 3.05) is 7.05 Å². The van der Waals surface area contributed by atoms with Crippen LogP contribution < -0.4 is 5.32 Å². The number of aryl methyl sites for hydroxylation is 1. The lowest BCUT2D eigenvalue weighted by atomic mass is 10.0. The second-order valence-electron chi connectivity index (χ2n) is 4.45. The van der Waals surface area contributed by atoms with Gasteiger partial charge in [-0.05, 0) is 25.8 Å². The summed E-state index contributed by atoms with van der Waals surface area (Å²) in [5, 5.41) is 6.59. The lowest BCUT2D eigenvalue weighted by molar-refractivity contribution is 0.501. The third-order valence-corrected chi connectivity index (χ3v) is 4.11. The fourth-order valence-electron chi connectivity index (χ4n) is 2.35. The summed E-state index contributed by atoms with van der Waals surface area (Å²) in [7, 11) is 1.97. The minimum atomic E-state index is 0. The van der Waals surface area contributed by atoms with Crippen molar-refractivity contribution in [1.82, 2.24) is 10.3 Å². The highest BCUT2D eigenvalue weighted by Crippen LogP contribution is 2.28. The Morgan fingerprint density at radius 2 is 2.19 bits per heavy atom. The minimum absolute atomic E-state index is 0. The maximum Gasteiger partial charge on any atom is 0.107 e. The number of aromatic nitrogens is 1. The normalized spacial score (nSPS) is 16.3. The molecule has 2 rings (SSSR count). The predicted octanol–water partition coefficient (Wildman–Crippen LogP) is 3.41. The van der Waals surface area contributed by atoms with Crippen molar-refractivity contribution in [2.24, 2.45) is 5.92 Å². The molecule has 0 spiro atoms. The highest BCUT2D eigenvalue weighted by atomic mass is 35.5. The fourth-order valence-corrected chi connectivity index (χ4v) is 3.19. The van der Waals surface area contributed by atoms with Crippen molar-refractivity contribution < 1.29 is 0 Å². The van der Waals surface area contributed by atoms with Gasteiger partial charge in [-0.2, -0.15) is 0 Å². The highest BCUT2D eigenvalue weighted by molar-refractivity contribution is 7.09. The minimum Gasteiger partial charge on any atom is -0.314 e. The maximum atomic E-state index is 4.62. The van der Waals surface area contributed by atoms with E-state index in [1.807, 2.05) is 7.05 Å². The van der Waals surface area contributed by atoms with E-state index in [1.165, 1.54) is 49.2 Å². The van der Waals surface area contributed by atoms with Crippen LogP contribution in [0.15, 0.2) is 5.38 Å². The Balaban J connectivity index is 0.00000128. The Bertz CT molecular complexity index is 295. The van der Waals surface area contributed by atoms with Gasteiger partial charge >= 0.3 is 0 Å². The van der Waals surface area contributed by atoms with Gasteiger partial charge in [0.15, 0.2) is 0 Å². The molecule has 2 nitrogen and oxygen atoms in total. The first kappa shape index (κ1) is 13.9. The molecule has 0 aromatic carbocycles. The van der Waals surface area contributed by atoms with E-state index in [1.54, 1.807) is 11.3 Å². The van der Waals surface area contributed by atoms with E-state index in [2.05, 4.69) is 15.7 Å². The summed E-state index contributed by atoms with van der Waals surface area (Å²) in [5.74, 6) is 0.986. The first-order valence-electron chi connectivity index (χ1n) is 5.96. The fraction of sp³-hybridized carbons (Fsp3) is 0.750. The number of halogens is 1. The summed E-state index contributed by atoms with van der Waals surface area (Å²) in [4.78, 5) is 4.62. The SMILES string of the molecule is CNCc1nc(CCC2CCCC2)cs1.Cl. The van der Waals surface area contributed by atoms with Crippen molar-refractivity contribution in [1.29, 1.82) is 0 Å². The molecular weight excluding hydrogens is 240 g/mol. The molecule has 1 saturated carbocycles. The molecule has 1 aromatic rings. The van der Waals surface area contributed by atoms with Crippen LogP contribution >= 0.6 is 23.7 Å². The van der Waals surface area contributed by atoms with Crippen molar-refractivity contribution >= 4 is 23.7 Å². The number of rotatable bonds is 5. The molecule has 0 bridgehead atoms. The molecule has 0 radical (unpaired) electrons. The van der Waals surface area contributed by atoms with Gasteiger partial charge in [0.2, 0.25) is 0 Å². The first-order valence-corrected chi connectivity index (χ1v) is 6.84. The van der Waals surface area contributed by atoms with Gasteiger partial charge in [0, 0.05) is 11.9 Å². The van der Waals surface area contributed by atoms with Crippen molar-refractivity contribution in [2.45, 2.75) is 45.1 Å². The molecule has 0 amide bonds. The number of hydrogen-bond acceptors (Lipinski definition) is 3. The molecule has 1 heterocycles. The van der Waals surface area contributed by atoms with E-state index in [4.69, 9.17) is 0 Å². The van der Waals surface area contributed by atoms with Crippen molar-refractivity contribution in [3.05, 3.63) is 16.1 Å². The largest absolute Gasteiger partial charge is 0.314 e. The Kier molecular flexibility index (Phi) is 6.32. The third-order valence-electron chi connectivity index (χ3n) is 3.21. The number of nitrogens with zero attached hydrogens (tertiary/aromatic N) is 1. The Morgan fingerprint density at radius 3 is 2.88 bits per heavy atom. The molecule has 92 valence electrons. The van der Waals surface area contributed by atoms with E-state index in [0.29, 0.717) is 0 Å². The van der Waals surface area contributed by atoms with Crippen LogP contribution in [0.4, 0.5) is 0 Å². The van der Waals surface area contributed by atoms with Gasteiger partial charge < -0.3 is 5.32 Å². The summed E-state index contributed by atoms with van der Waals surface area (Å²) < 4.78 is 0. The van der Waals surface area contributed by atoms with Gasteiger partial charge in [-0.3, -0.25) is 0 Å². The van der Waals surface area contributed by atoms with Crippen LogP contribution in [-0.4, -0.2) is 12.0 Å². The van der Waals surface area contributed by atoms with Gasteiger partial charge in [-0.15, -0.1) is 23.7 Å². The average molecular weight is 261 g/mol. The second kappa shape index (κ2) is 7.25. The molecule has 1 aliphatic carbocycles. The molecule has 0 atom stereocenters. The van der Waals surface area contributed by atoms with Gasteiger partial charge in [-0.25, -0.2) is 4.98 Å². The van der Waals surface area contributed by atoms with Crippen LogP contribution in [-0.2, 0) is 13.0 Å². The van der Waals surface area contributed by atoms with Crippen LogP contribution in [0.25, 0.3) is 0 Å². The van der Waals surface area contributed by atoms with Crippen LogP contribution in [0.1, 0.15) is 42.8 Å². The van der Waals surface area contributed by atoms with Gasteiger partial charge in [0.1, 0.15) is 5.01 Å². The molecule has 0 aliphatic heterocycles. The van der Waals surface area contributed by atoms with Crippen molar-refractivity contribution in [3.63, 3.8) is 0 Å². The zero-order valence-electron chi connectivity index (χ0n) is 9.87. The summed E-state index contributed by atoms with van der Waals surface area (Å²) in [6.45, 7) is 0.911. The molecule has 0 saturated heterocycles. The molecule has 1 fully saturated rings. The Morgan fingerprint density at radius 1 is 1.44 bits per heavy atom. The zero-order chi connectivity index (χ0) is 10.5. The summed E-state index contributed by atoms with van der Waals surface area (Å²) >= 11 is 1.78. The molecule has 16 heavy (non-hydrogen) atoms. The highest BCUT2D eigenvalue weighted by Gasteiger charge is 2.15. The van der Waals surface area contributed by atoms with Gasteiger partial charge in [0.25, 0.3) is 0 Å². The molecule has 0 unspecified atom stereocenters. The molecule has 4 heteroatoms. The summed E-state index contributed by atoms with van der Waals surface area (Å²) in [6.07, 6.45) is 8.34. The third kappa shape index (κ3) is 4.04. The molecule has 1 aromatic heterocycles. The molecular formula is C12H21ClN2S. The summed E-state index contributed by atoms with van der Waals surface area (Å²) in [5.41, 5.74) is 1.30. The maximum absolute atomic E-state index is 4.62. The number of thiazole rings is 1. The van der Waals surface area contributed by atoms with Gasteiger partial charge in [0.05, 0.1) is 5.69 Å². The van der Waals surface area contributed by atoms with E-state index >= 15 is 0 Å². The monoisotopic (exact) mass is 260 g/mol. The standard InChI is InChI=1S/C12H20N2S.ClH/c1-13-8-12-14-11(9-15-12)7-6-10-4-2-3-5-10;/h9-10,13H,2-8H2,1H3;1H. The topological polar surface area (TPSA) is 24.9 Å². The average Bonchev–Trinajstić information content (AvgIpc) is 2.85.